The maximum absolute atomic E-state index is 6.58. The van der Waals surface area contributed by atoms with E-state index in [0.29, 0.717) is 16.9 Å². The molecule has 0 aromatic heterocycles. The van der Waals surface area contributed by atoms with E-state index in [-0.39, 0.29) is 0 Å². The zero-order chi connectivity index (χ0) is 23.3. The lowest BCUT2D eigenvalue weighted by Crippen LogP contribution is -2.51. The number of allylic oxidation sites excluding steroid dienone is 3. The SMILES string of the molecule is CC(C)=CCC[C@@H](C)[C@H]1CC[C@H]2[C@@H]3CC=C4C[C@@H](O[Si](C)(C)C)CC[C@]4(C)[C@H]3CC[C@]12C. The van der Waals surface area contributed by atoms with E-state index in [1.54, 1.807) is 5.57 Å². The lowest BCUT2D eigenvalue weighted by atomic mass is 9.47. The second-order valence-electron chi connectivity index (χ2n) is 13.9. The fourth-order valence-electron chi connectivity index (χ4n) is 9.04. The third kappa shape index (κ3) is 4.61. The van der Waals surface area contributed by atoms with Gasteiger partial charge in [0.15, 0.2) is 8.32 Å². The average molecular weight is 457 g/mol. The third-order valence-electron chi connectivity index (χ3n) is 10.5. The molecular weight excluding hydrogens is 404 g/mol. The van der Waals surface area contributed by atoms with Gasteiger partial charge in [-0.3, -0.25) is 0 Å². The Morgan fingerprint density at radius 3 is 2.53 bits per heavy atom. The maximum Gasteiger partial charge on any atom is 0.184 e. The molecule has 0 spiro atoms. The van der Waals surface area contributed by atoms with Crippen LogP contribution in [-0.4, -0.2) is 14.4 Å². The van der Waals surface area contributed by atoms with Crippen LogP contribution in [0, 0.1) is 40.4 Å². The van der Waals surface area contributed by atoms with Gasteiger partial charge in [-0.25, -0.2) is 0 Å². The van der Waals surface area contributed by atoms with Gasteiger partial charge in [-0.1, -0.05) is 44.1 Å². The van der Waals surface area contributed by atoms with Crippen molar-refractivity contribution in [2.24, 2.45) is 40.4 Å². The largest absolute Gasteiger partial charge is 0.414 e. The summed E-state index contributed by atoms with van der Waals surface area (Å²) in [7, 11) is -1.45. The van der Waals surface area contributed by atoms with Gasteiger partial charge < -0.3 is 4.43 Å². The zero-order valence-electron chi connectivity index (χ0n) is 22.6. The minimum Gasteiger partial charge on any atom is -0.414 e. The first-order valence-electron chi connectivity index (χ1n) is 13.9. The summed E-state index contributed by atoms with van der Waals surface area (Å²) in [4.78, 5) is 0. The van der Waals surface area contributed by atoms with Crippen LogP contribution in [0.25, 0.3) is 0 Å². The molecule has 0 saturated heterocycles. The van der Waals surface area contributed by atoms with Crippen molar-refractivity contribution in [2.45, 2.75) is 125 Å². The first kappa shape index (κ1) is 24.8. The summed E-state index contributed by atoms with van der Waals surface area (Å²) in [5.41, 5.74) is 4.31. The van der Waals surface area contributed by atoms with Gasteiger partial charge in [0.1, 0.15) is 0 Å². The molecule has 0 aliphatic heterocycles. The average Bonchev–Trinajstić information content (AvgIpc) is 3.04. The summed E-state index contributed by atoms with van der Waals surface area (Å²) in [6.45, 7) is 19.5. The van der Waals surface area contributed by atoms with Crippen LogP contribution in [0.5, 0.6) is 0 Å². The molecule has 0 aromatic rings. The van der Waals surface area contributed by atoms with E-state index in [9.17, 15) is 0 Å². The summed E-state index contributed by atoms with van der Waals surface area (Å²) in [6, 6.07) is 0. The van der Waals surface area contributed by atoms with Crippen LogP contribution in [0.1, 0.15) is 98.8 Å². The summed E-state index contributed by atoms with van der Waals surface area (Å²) in [5, 5.41) is 0. The molecule has 0 N–H and O–H groups in total. The Morgan fingerprint density at radius 2 is 1.84 bits per heavy atom. The highest BCUT2D eigenvalue weighted by atomic mass is 28.4. The van der Waals surface area contributed by atoms with Crippen molar-refractivity contribution >= 4 is 8.32 Å². The van der Waals surface area contributed by atoms with Gasteiger partial charge in [0.25, 0.3) is 0 Å². The van der Waals surface area contributed by atoms with E-state index in [2.05, 4.69) is 66.4 Å². The summed E-state index contributed by atoms with van der Waals surface area (Å²) >= 11 is 0. The van der Waals surface area contributed by atoms with Gasteiger partial charge in [-0.05, 0) is 138 Å². The molecule has 0 radical (unpaired) electrons. The molecule has 32 heavy (non-hydrogen) atoms. The van der Waals surface area contributed by atoms with E-state index in [1.165, 1.54) is 69.8 Å². The van der Waals surface area contributed by atoms with Crippen LogP contribution >= 0.6 is 0 Å². The number of hydrogen-bond donors (Lipinski definition) is 0. The van der Waals surface area contributed by atoms with Crippen LogP contribution in [0.3, 0.4) is 0 Å². The Hall–Kier alpha value is -0.343. The highest BCUT2D eigenvalue weighted by Gasteiger charge is 2.59. The Bertz CT molecular complexity index is 740. The van der Waals surface area contributed by atoms with Crippen molar-refractivity contribution < 1.29 is 4.43 Å². The number of hydrogen-bond acceptors (Lipinski definition) is 1. The maximum atomic E-state index is 6.58. The van der Waals surface area contributed by atoms with Gasteiger partial charge in [0.2, 0.25) is 0 Å². The molecule has 2 heteroatoms. The standard InChI is InChI=1S/C30H52OSi/c1-21(2)10-9-11-22(3)26-14-15-27-25-13-12-23-20-24(31-32(6,7)8)16-18-29(23,4)28(25)17-19-30(26,27)5/h10,12,22,24-28H,9,11,13-20H2,1-8H3/t22-,24+,25+,26-,27+,28+,29+,30-/m1/s1. The summed E-state index contributed by atoms with van der Waals surface area (Å²) < 4.78 is 6.58. The normalized spacial score (nSPS) is 42.4. The molecule has 0 heterocycles. The molecule has 0 bridgehead atoms. The quantitative estimate of drug-likeness (QED) is 0.286. The second kappa shape index (κ2) is 9.03. The van der Waals surface area contributed by atoms with Crippen molar-refractivity contribution in [2.75, 3.05) is 0 Å². The van der Waals surface area contributed by atoms with E-state index in [1.807, 2.05) is 0 Å². The smallest absolute Gasteiger partial charge is 0.184 e. The Labute approximate surface area is 201 Å². The van der Waals surface area contributed by atoms with Crippen molar-refractivity contribution in [1.82, 2.24) is 0 Å². The lowest BCUT2D eigenvalue weighted by molar-refractivity contribution is -0.0560. The van der Waals surface area contributed by atoms with Gasteiger partial charge in [-0.15, -0.1) is 0 Å². The van der Waals surface area contributed by atoms with Gasteiger partial charge >= 0.3 is 0 Å². The molecule has 3 saturated carbocycles. The van der Waals surface area contributed by atoms with E-state index < -0.39 is 8.32 Å². The van der Waals surface area contributed by atoms with Crippen LogP contribution in [0.15, 0.2) is 23.3 Å². The molecular formula is C30H52OSi. The molecule has 182 valence electrons. The fourth-order valence-corrected chi connectivity index (χ4v) is 10.2. The van der Waals surface area contributed by atoms with Crippen LogP contribution in [0.2, 0.25) is 19.6 Å². The van der Waals surface area contributed by atoms with Crippen molar-refractivity contribution in [3.63, 3.8) is 0 Å². The fraction of sp³-hybridized carbons (Fsp3) is 0.867. The summed E-state index contributed by atoms with van der Waals surface area (Å²) in [5.74, 6) is 4.64. The molecule has 8 atom stereocenters. The Morgan fingerprint density at radius 1 is 1.09 bits per heavy atom. The van der Waals surface area contributed by atoms with E-state index in [0.717, 1.165) is 29.6 Å². The third-order valence-corrected chi connectivity index (χ3v) is 11.6. The number of rotatable bonds is 6. The molecule has 4 rings (SSSR count). The highest BCUT2D eigenvalue weighted by Crippen LogP contribution is 2.67. The van der Waals surface area contributed by atoms with Crippen LogP contribution in [-0.2, 0) is 4.43 Å². The van der Waals surface area contributed by atoms with E-state index >= 15 is 0 Å². The van der Waals surface area contributed by atoms with Gasteiger partial charge in [-0.2, -0.15) is 0 Å². The lowest BCUT2D eigenvalue weighted by Gasteiger charge is -2.58. The van der Waals surface area contributed by atoms with Gasteiger partial charge in [0, 0.05) is 6.10 Å². The molecule has 0 unspecified atom stereocenters. The Balaban J connectivity index is 1.48. The van der Waals surface area contributed by atoms with Gasteiger partial charge in [0.05, 0.1) is 0 Å². The van der Waals surface area contributed by atoms with E-state index in [4.69, 9.17) is 4.43 Å². The molecule has 0 amide bonds. The predicted octanol–water partition coefficient (Wildman–Crippen LogP) is 9.17. The molecule has 4 aliphatic carbocycles. The predicted molar refractivity (Wildman–Crippen MR) is 141 cm³/mol. The highest BCUT2D eigenvalue weighted by molar-refractivity contribution is 6.69. The number of fused-ring (bicyclic) bond motifs is 5. The zero-order valence-corrected chi connectivity index (χ0v) is 23.6. The monoisotopic (exact) mass is 456 g/mol. The molecule has 0 aromatic carbocycles. The van der Waals surface area contributed by atoms with Crippen molar-refractivity contribution in [3.8, 4) is 0 Å². The van der Waals surface area contributed by atoms with Crippen molar-refractivity contribution in [3.05, 3.63) is 23.3 Å². The first-order chi connectivity index (χ1) is 14.9. The van der Waals surface area contributed by atoms with Crippen LogP contribution < -0.4 is 0 Å². The molecule has 1 nitrogen and oxygen atoms in total. The summed E-state index contributed by atoms with van der Waals surface area (Å²) in [6.07, 6.45) is 19.5. The first-order valence-corrected chi connectivity index (χ1v) is 17.4. The topological polar surface area (TPSA) is 9.23 Å². The van der Waals surface area contributed by atoms with Crippen LogP contribution in [0.4, 0.5) is 0 Å². The Kier molecular flexibility index (Phi) is 6.99. The molecule has 4 aliphatic rings. The minimum atomic E-state index is -1.45. The van der Waals surface area contributed by atoms with Crippen molar-refractivity contribution in [1.29, 1.82) is 0 Å². The minimum absolute atomic E-state index is 0.455. The second-order valence-corrected chi connectivity index (χ2v) is 18.4. The molecule has 3 fully saturated rings.